The molecule has 0 saturated carbocycles. The summed E-state index contributed by atoms with van der Waals surface area (Å²) in [7, 11) is 0. The molecule has 0 spiro atoms. The lowest BCUT2D eigenvalue weighted by molar-refractivity contribution is -0.165. The smallest absolute Gasteiger partial charge is 0.454 e. The molecule has 0 radical (unpaired) electrons. The molecule has 1 aliphatic heterocycles. The van der Waals surface area contributed by atoms with Gasteiger partial charge in [-0.25, -0.2) is 0 Å². The lowest BCUT2D eigenvalue weighted by atomic mass is 9.97. The van der Waals surface area contributed by atoms with Crippen LogP contribution in [0.5, 0.6) is 0 Å². The zero-order valence-corrected chi connectivity index (χ0v) is 8.91. The van der Waals surface area contributed by atoms with E-state index in [0.717, 1.165) is 6.20 Å². The average molecular weight is 251 g/mol. The minimum absolute atomic E-state index is 0.346. The van der Waals surface area contributed by atoms with Crippen LogP contribution in [0.3, 0.4) is 0 Å². The molecule has 0 aromatic rings. The van der Waals surface area contributed by atoms with Crippen molar-refractivity contribution in [3.05, 3.63) is 12.3 Å². The van der Waals surface area contributed by atoms with E-state index < -0.39 is 23.8 Å². The predicted octanol–water partition coefficient (Wildman–Crippen LogP) is 1.43. The number of carbonyl (C=O) groups excluding carboxylic acids is 1. The number of alkyl halides is 3. The number of ketones is 1. The zero-order chi connectivity index (χ0) is 13.1. The van der Waals surface area contributed by atoms with Crippen LogP contribution in [0.2, 0.25) is 0 Å². The molecule has 7 heteroatoms. The molecule has 1 aliphatic rings. The topological polar surface area (TPSA) is 57.6 Å². The second-order valence-electron chi connectivity index (χ2n) is 3.83. The highest BCUT2D eigenvalue weighted by Gasteiger charge is 2.36. The molecule has 1 saturated heterocycles. The molecule has 17 heavy (non-hydrogen) atoms. The maximum Gasteiger partial charge on any atom is 0.454 e. The number of likely N-dealkylation sites (tertiary alicyclic amines) is 1. The number of carboxylic acids is 1. The van der Waals surface area contributed by atoms with Crippen LogP contribution in [0.4, 0.5) is 13.2 Å². The summed E-state index contributed by atoms with van der Waals surface area (Å²) in [4.78, 5) is 22.7. The molecule has 1 rings (SSSR count). The van der Waals surface area contributed by atoms with E-state index in [1.807, 2.05) is 0 Å². The van der Waals surface area contributed by atoms with Crippen LogP contribution >= 0.6 is 0 Å². The second-order valence-corrected chi connectivity index (χ2v) is 3.83. The summed E-state index contributed by atoms with van der Waals surface area (Å²) in [6, 6.07) is 0. The maximum atomic E-state index is 11.9. The monoisotopic (exact) mass is 251 g/mol. The van der Waals surface area contributed by atoms with Gasteiger partial charge in [-0.3, -0.25) is 9.59 Å². The summed E-state index contributed by atoms with van der Waals surface area (Å²) in [5, 5.41) is 8.71. The number of piperidine rings is 1. The number of rotatable bonds is 3. The van der Waals surface area contributed by atoms with Gasteiger partial charge in [0.2, 0.25) is 0 Å². The van der Waals surface area contributed by atoms with Gasteiger partial charge < -0.3 is 10.0 Å². The number of hydrogen-bond acceptors (Lipinski definition) is 3. The molecule has 1 heterocycles. The fraction of sp³-hybridized carbons (Fsp3) is 0.600. The largest absolute Gasteiger partial charge is 0.481 e. The Morgan fingerprint density at radius 1 is 1.24 bits per heavy atom. The molecule has 1 fully saturated rings. The molecule has 0 amide bonds. The van der Waals surface area contributed by atoms with Crippen LogP contribution in [0, 0.1) is 5.92 Å². The standard InChI is InChI=1S/C10H12F3NO3/c11-10(12,13)8(15)3-6-14-4-1-7(2-5-14)9(16)17/h3,6-7H,1-2,4-5H2,(H,16,17)/b6-3+. The molecule has 0 aromatic heterocycles. The molecule has 0 aliphatic carbocycles. The van der Waals surface area contributed by atoms with E-state index in [-0.39, 0.29) is 0 Å². The van der Waals surface area contributed by atoms with Crippen LogP contribution in [0.15, 0.2) is 12.3 Å². The summed E-state index contributed by atoms with van der Waals surface area (Å²) >= 11 is 0. The first-order valence-electron chi connectivity index (χ1n) is 5.07. The first kappa shape index (κ1) is 13.5. The van der Waals surface area contributed by atoms with E-state index >= 15 is 0 Å². The molecule has 96 valence electrons. The number of hydrogen-bond donors (Lipinski definition) is 1. The van der Waals surface area contributed by atoms with Gasteiger partial charge in [-0.05, 0) is 12.8 Å². The summed E-state index contributed by atoms with van der Waals surface area (Å²) in [6.07, 6.45) is -2.55. The number of halogens is 3. The lowest BCUT2D eigenvalue weighted by Gasteiger charge is -2.28. The molecule has 0 atom stereocenters. The van der Waals surface area contributed by atoms with Gasteiger partial charge in [0.1, 0.15) is 0 Å². The van der Waals surface area contributed by atoms with Gasteiger partial charge in [-0.1, -0.05) is 0 Å². The highest BCUT2D eigenvalue weighted by atomic mass is 19.4. The fourth-order valence-corrected chi connectivity index (χ4v) is 1.56. The van der Waals surface area contributed by atoms with Gasteiger partial charge in [0.15, 0.2) is 0 Å². The van der Waals surface area contributed by atoms with E-state index in [1.54, 1.807) is 0 Å². The Morgan fingerprint density at radius 2 is 1.76 bits per heavy atom. The SMILES string of the molecule is O=C(O)C1CCN(/C=C/C(=O)C(F)(F)F)CC1. The second kappa shape index (κ2) is 5.20. The summed E-state index contributed by atoms with van der Waals surface area (Å²) in [5.41, 5.74) is 0. The van der Waals surface area contributed by atoms with Crippen LogP contribution in [-0.4, -0.2) is 41.0 Å². The van der Waals surface area contributed by atoms with Crippen molar-refractivity contribution >= 4 is 11.8 Å². The Hall–Kier alpha value is -1.53. The normalized spacial score (nSPS) is 18.6. The predicted molar refractivity (Wildman–Crippen MR) is 52.1 cm³/mol. The van der Waals surface area contributed by atoms with Crippen molar-refractivity contribution < 1.29 is 27.9 Å². The Labute approximate surface area is 95.7 Å². The highest BCUT2D eigenvalue weighted by molar-refractivity contribution is 5.94. The van der Waals surface area contributed by atoms with Crippen molar-refractivity contribution in [2.75, 3.05) is 13.1 Å². The first-order valence-corrected chi connectivity index (χ1v) is 5.07. The van der Waals surface area contributed by atoms with Gasteiger partial charge in [0.25, 0.3) is 5.78 Å². The van der Waals surface area contributed by atoms with E-state index in [4.69, 9.17) is 5.11 Å². The Morgan fingerprint density at radius 3 is 2.18 bits per heavy atom. The number of nitrogens with zero attached hydrogens (tertiary/aromatic N) is 1. The maximum absolute atomic E-state index is 11.9. The molecule has 1 N–H and O–H groups in total. The van der Waals surface area contributed by atoms with E-state index in [1.165, 1.54) is 4.90 Å². The van der Waals surface area contributed by atoms with Gasteiger partial charge in [-0.2, -0.15) is 13.2 Å². The summed E-state index contributed by atoms with van der Waals surface area (Å²) < 4.78 is 35.6. The van der Waals surface area contributed by atoms with E-state index in [9.17, 15) is 22.8 Å². The number of allylic oxidation sites excluding steroid dienone is 1. The lowest BCUT2D eigenvalue weighted by Crippen LogP contribution is -2.33. The van der Waals surface area contributed by atoms with Gasteiger partial charge in [0.05, 0.1) is 5.92 Å². The average Bonchev–Trinajstić information content (AvgIpc) is 2.25. The molecular weight excluding hydrogens is 239 g/mol. The number of carboxylic acid groups (broad SMARTS) is 1. The van der Waals surface area contributed by atoms with Crippen molar-refractivity contribution in [3.8, 4) is 0 Å². The molecule has 0 unspecified atom stereocenters. The molecular formula is C10H12F3NO3. The minimum atomic E-state index is -4.85. The Kier molecular flexibility index (Phi) is 4.14. The number of carbonyl (C=O) groups is 2. The van der Waals surface area contributed by atoms with Crippen LogP contribution in [-0.2, 0) is 9.59 Å². The molecule has 0 aromatic carbocycles. The van der Waals surface area contributed by atoms with Crippen molar-refractivity contribution in [3.63, 3.8) is 0 Å². The number of aliphatic carboxylic acids is 1. The highest BCUT2D eigenvalue weighted by Crippen LogP contribution is 2.19. The Bertz CT molecular complexity index is 330. The summed E-state index contributed by atoms with van der Waals surface area (Å²) in [6.45, 7) is 0.692. The van der Waals surface area contributed by atoms with Crippen LogP contribution < -0.4 is 0 Å². The van der Waals surface area contributed by atoms with E-state index in [0.29, 0.717) is 32.0 Å². The van der Waals surface area contributed by atoms with E-state index in [2.05, 4.69) is 0 Å². The minimum Gasteiger partial charge on any atom is -0.481 e. The fourth-order valence-electron chi connectivity index (χ4n) is 1.56. The quantitative estimate of drug-likeness (QED) is 0.771. The third-order valence-electron chi connectivity index (χ3n) is 2.59. The van der Waals surface area contributed by atoms with Crippen molar-refractivity contribution in [2.45, 2.75) is 19.0 Å². The van der Waals surface area contributed by atoms with Crippen LogP contribution in [0.1, 0.15) is 12.8 Å². The van der Waals surface area contributed by atoms with Crippen molar-refractivity contribution in [1.82, 2.24) is 4.90 Å². The third-order valence-corrected chi connectivity index (χ3v) is 2.59. The first-order chi connectivity index (χ1) is 7.80. The van der Waals surface area contributed by atoms with Crippen molar-refractivity contribution in [2.24, 2.45) is 5.92 Å². The zero-order valence-electron chi connectivity index (χ0n) is 8.91. The van der Waals surface area contributed by atoms with Gasteiger partial charge >= 0.3 is 12.1 Å². The molecule has 0 bridgehead atoms. The molecule has 4 nitrogen and oxygen atoms in total. The Balaban J connectivity index is 2.43. The van der Waals surface area contributed by atoms with Gasteiger partial charge in [0, 0.05) is 25.4 Å². The third kappa shape index (κ3) is 4.08. The van der Waals surface area contributed by atoms with Gasteiger partial charge in [-0.15, -0.1) is 0 Å². The summed E-state index contributed by atoms with van der Waals surface area (Å²) in [5.74, 6) is -3.24. The van der Waals surface area contributed by atoms with Crippen LogP contribution in [0.25, 0.3) is 0 Å². The van der Waals surface area contributed by atoms with Crippen molar-refractivity contribution in [1.29, 1.82) is 0 Å².